The van der Waals surface area contributed by atoms with Crippen molar-refractivity contribution in [3.05, 3.63) is 43.1 Å². The maximum atomic E-state index is 12.8. The molecular weight excluding hydrogens is 700 g/mol. The molecule has 0 aliphatic carbocycles. The number of nitrogen functional groups attached to an aromatic ring is 1. The van der Waals surface area contributed by atoms with Gasteiger partial charge in [-0.2, -0.15) is 29.2 Å². The van der Waals surface area contributed by atoms with Crippen molar-refractivity contribution < 1.29 is 27.9 Å². The Morgan fingerprint density at radius 1 is 0.815 bits per heavy atom. The van der Waals surface area contributed by atoms with Gasteiger partial charge < -0.3 is 29.4 Å². The Kier molecular flexibility index (Phi) is 8.42. The van der Waals surface area contributed by atoms with E-state index in [1.54, 1.807) is 35.3 Å². The summed E-state index contributed by atoms with van der Waals surface area (Å²) in [5, 5.41) is 22.8. The van der Waals surface area contributed by atoms with E-state index in [-0.39, 0.29) is 35.3 Å². The van der Waals surface area contributed by atoms with Crippen molar-refractivity contribution in [2.45, 2.75) is 52.6 Å². The van der Waals surface area contributed by atoms with Crippen LogP contribution in [-0.2, 0) is 19.1 Å². The standard InChI is InChI=1S/C34H36N14O6/c1-16(2)12-21(31(49)51-5)45-15-19-25(42-45)40-34(48-30(19)38-26(43-48)23-8-7-10-53-23)37-20-9-11-54-24(20)27-39-28-18-14-36-46(22(13-17(3)4)32(50)52-6)29(18)41-33(35)47(28)44-27/h7-11,14-17,21-22H,12-13H2,1-6H3,(H2,35,41)(H,37,40,42). The Hall–Kier alpha value is -6.86. The molecule has 54 heavy (non-hydrogen) atoms. The second-order valence-electron chi connectivity index (χ2n) is 13.5. The van der Waals surface area contributed by atoms with E-state index < -0.39 is 24.0 Å². The van der Waals surface area contributed by atoms with Crippen LogP contribution in [0.25, 0.3) is 56.5 Å². The zero-order chi connectivity index (χ0) is 37.8. The molecule has 2 atom stereocenters. The van der Waals surface area contributed by atoms with Crippen molar-refractivity contribution in [1.82, 2.24) is 58.7 Å². The summed E-state index contributed by atoms with van der Waals surface area (Å²) < 4.78 is 27.6. The van der Waals surface area contributed by atoms with Crippen LogP contribution in [0.3, 0.4) is 0 Å². The first-order valence-corrected chi connectivity index (χ1v) is 17.1. The molecule has 0 radical (unpaired) electrons. The van der Waals surface area contributed by atoms with Crippen molar-refractivity contribution in [3.8, 4) is 23.2 Å². The summed E-state index contributed by atoms with van der Waals surface area (Å²) in [6, 6.07) is 3.76. The fraction of sp³-hybridized carbons (Fsp3) is 0.353. The molecule has 8 aromatic heterocycles. The third kappa shape index (κ3) is 5.80. The lowest BCUT2D eigenvalue weighted by Crippen LogP contribution is -2.24. The molecule has 2 unspecified atom stereocenters. The van der Waals surface area contributed by atoms with Crippen LogP contribution in [0.2, 0.25) is 0 Å². The van der Waals surface area contributed by atoms with Crippen molar-refractivity contribution in [2.75, 3.05) is 25.3 Å². The average molecular weight is 737 g/mol. The first kappa shape index (κ1) is 34.2. The van der Waals surface area contributed by atoms with Gasteiger partial charge in [0.1, 0.15) is 6.04 Å². The third-order valence-electron chi connectivity index (χ3n) is 8.83. The first-order chi connectivity index (χ1) is 26.0. The highest BCUT2D eigenvalue weighted by Gasteiger charge is 2.29. The number of anilines is 3. The fourth-order valence-corrected chi connectivity index (χ4v) is 6.38. The van der Waals surface area contributed by atoms with Gasteiger partial charge in [0.2, 0.25) is 23.5 Å². The molecule has 3 N–H and O–H groups in total. The minimum atomic E-state index is -0.718. The molecule has 8 heterocycles. The minimum Gasteiger partial charge on any atom is -0.467 e. The average Bonchev–Trinajstić information content (AvgIpc) is 3.98. The van der Waals surface area contributed by atoms with Crippen LogP contribution in [0.4, 0.5) is 17.6 Å². The maximum Gasteiger partial charge on any atom is 0.330 e. The van der Waals surface area contributed by atoms with Crippen LogP contribution >= 0.6 is 0 Å². The Morgan fingerprint density at radius 3 is 2.24 bits per heavy atom. The van der Waals surface area contributed by atoms with Crippen molar-refractivity contribution in [2.24, 2.45) is 11.8 Å². The number of furan rings is 2. The fourth-order valence-electron chi connectivity index (χ4n) is 6.38. The lowest BCUT2D eigenvalue weighted by molar-refractivity contribution is -0.146. The Bertz CT molecular complexity index is 2660. The molecule has 0 saturated heterocycles. The number of nitrogens with two attached hydrogens (primary N) is 1. The molecule has 20 heteroatoms. The number of ether oxygens (including phenoxy) is 2. The smallest absolute Gasteiger partial charge is 0.330 e. The molecule has 8 aromatic rings. The van der Waals surface area contributed by atoms with Gasteiger partial charge in [0.25, 0.3) is 0 Å². The molecule has 0 saturated carbocycles. The highest BCUT2D eigenvalue weighted by molar-refractivity contribution is 5.93. The minimum absolute atomic E-state index is 0.0208. The maximum absolute atomic E-state index is 12.8. The van der Waals surface area contributed by atoms with E-state index in [1.165, 1.54) is 40.5 Å². The second-order valence-corrected chi connectivity index (χ2v) is 13.5. The first-order valence-electron chi connectivity index (χ1n) is 17.1. The summed E-state index contributed by atoms with van der Waals surface area (Å²) in [5.74, 6) is 0.896. The van der Waals surface area contributed by atoms with E-state index in [4.69, 9.17) is 49.2 Å². The summed E-state index contributed by atoms with van der Waals surface area (Å²) in [6.45, 7) is 8.03. The van der Waals surface area contributed by atoms with Crippen LogP contribution in [-0.4, -0.2) is 84.9 Å². The van der Waals surface area contributed by atoms with E-state index in [2.05, 4.69) is 20.5 Å². The van der Waals surface area contributed by atoms with E-state index in [9.17, 15) is 9.59 Å². The summed E-state index contributed by atoms with van der Waals surface area (Å²) in [7, 11) is 2.68. The molecule has 0 aromatic carbocycles. The number of methoxy groups -OCH3 is 2. The number of rotatable bonds is 12. The molecule has 0 aliphatic heterocycles. The summed E-state index contributed by atoms with van der Waals surface area (Å²) in [4.78, 5) is 44.5. The number of nitrogens with one attached hydrogen (secondary N) is 1. The SMILES string of the molecule is COC(=O)C(CC(C)C)n1cc2c(nc(Nc3ccoc3-c3nc4c5cnn(C(CC(C)C)C(=O)OC)c5nc(N)n4n3)n3nc(-c4ccco4)nc23)n1. The highest BCUT2D eigenvalue weighted by Crippen LogP contribution is 2.34. The van der Waals surface area contributed by atoms with Crippen LogP contribution < -0.4 is 11.1 Å². The number of carbonyl (C=O) groups is 2. The van der Waals surface area contributed by atoms with Crippen LogP contribution in [0.15, 0.2) is 52.0 Å². The number of hydrogen-bond acceptors (Lipinski definition) is 16. The van der Waals surface area contributed by atoms with Gasteiger partial charge in [0.15, 0.2) is 40.2 Å². The van der Waals surface area contributed by atoms with Gasteiger partial charge >= 0.3 is 11.9 Å². The zero-order valence-corrected chi connectivity index (χ0v) is 30.2. The van der Waals surface area contributed by atoms with Gasteiger partial charge in [-0.05, 0) is 36.8 Å². The number of fused-ring (bicyclic) bond motifs is 6. The van der Waals surface area contributed by atoms with E-state index in [0.717, 1.165) is 0 Å². The van der Waals surface area contributed by atoms with Crippen LogP contribution in [0, 0.1) is 11.8 Å². The monoisotopic (exact) mass is 736 g/mol. The quantitative estimate of drug-likeness (QED) is 0.163. The molecule has 0 amide bonds. The highest BCUT2D eigenvalue weighted by atomic mass is 16.5. The number of esters is 2. The van der Waals surface area contributed by atoms with Crippen molar-refractivity contribution >= 4 is 62.9 Å². The van der Waals surface area contributed by atoms with E-state index >= 15 is 0 Å². The van der Waals surface area contributed by atoms with Gasteiger partial charge in [0.05, 0.1) is 49.4 Å². The molecule has 0 spiro atoms. The molecule has 0 fully saturated rings. The second kappa shape index (κ2) is 13.3. The zero-order valence-electron chi connectivity index (χ0n) is 30.2. The van der Waals surface area contributed by atoms with Gasteiger partial charge in [-0.3, -0.25) is 4.68 Å². The summed E-state index contributed by atoms with van der Waals surface area (Å²) in [5.41, 5.74) is 8.24. The number of aromatic nitrogens is 12. The molecule has 0 aliphatic rings. The molecule has 20 nitrogen and oxygen atoms in total. The largest absolute Gasteiger partial charge is 0.467 e. The Balaban J connectivity index is 1.22. The van der Waals surface area contributed by atoms with Gasteiger partial charge in [-0.15, -0.1) is 10.2 Å². The molecular formula is C34H36N14O6. The predicted molar refractivity (Wildman–Crippen MR) is 192 cm³/mol. The normalized spacial score (nSPS) is 13.2. The summed E-state index contributed by atoms with van der Waals surface area (Å²) in [6.07, 6.45) is 7.25. The van der Waals surface area contributed by atoms with Crippen LogP contribution in [0.5, 0.6) is 0 Å². The van der Waals surface area contributed by atoms with Crippen molar-refractivity contribution in [1.29, 1.82) is 0 Å². The molecule has 0 bridgehead atoms. The number of carbonyl (C=O) groups excluding carboxylic acids is 2. The van der Waals surface area contributed by atoms with E-state index in [1.807, 2.05) is 27.7 Å². The Morgan fingerprint density at radius 2 is 1.52 bits per heavy atom. The number of nitrogens with zero attached hydrogens (tertiary/aromatic N) is 12. The van der Waals surface area contributed by atoms with Gasteiger partial charge in [0, 0.05) is 12.3 Å². The molecule has 8 rings (SSSR count). The lowest BCUT2D eigenvalue weighted by Gasteiger charge is -2.17. The van der Waals surface area contributed by atoms with Gasteiger partial charge in [-0.25, -0.2) is 24.2 Å². The topological polar surface area (TPSA) is 239 Å². The van der Waals surface area contributed by atoms with Crippen molar-refractivity contribution in [3.63, 3.8) is 0 Å². The van der Waals surface area contributed by atoms with Crippen LogP contribution in [0.1, 0.15) is 52.6 Å². The van der Waals surface area contributed by atoms with Gasteiger partial charge in [-0.1, -0.05) is 27.7 Å². The number of hydrogen-bond donors (Lipinski definition) is 2. The molecule has 278 valence electrons. The van der Waals surface area contributed by atoms with E-state index in [0.29, 0.717) is 63.5 Å². The summed E-state index contributed by atoms with van der Waals surface area (Å²) >= 11 is 0. The third-order valence-corrected chi connectivity index (χ3v) is 8.83. The Labute approximate surface area is 305 Å². The lowest BCUT2D eigenvalue weighted by atomic mass is 10.0. The predicted octanol–water partition coefficient (Wildman–Crippen LogP) is 4.63.